The van der Waals surface area contributed by atoms with Crippen molar-refractivity contribution in [3.63, 3.8) is 0 Å². The largest absolute Gasteiger partial charge is 0.399 e. The predicted octanol–water partition coefficient (Wildman–Crippen LogP) is -1.80. The lowest BCUT2D eigenvalue weighted by Gasteiger charge is -2.17. The van der Waals surface area contributed by atoms with Crippen LogP contribution in [0.4, 0.5) is 5.69 Å². The van der Waals surface area contributed by atoms with Crippen molar-refractivity contribution in [2.75, 3.05) is 5.73 Å². The van der Waals surface area contributed by atoms with E-state index in [0.29, 0.717) is 5.69 Å². The molecular weight excluding hydrogens is 318 g/mol. The number of amides is 2. The molecule has 116 valence electrons. The number of hydrogen-bond donors (Lipinski definition) is 3. The molecule has 1 heterocycles. The third-order valence-corrected chi connectivity index (χ3v) is 3.87. The molecule has 11 nitrogen and oxygen atoms in total. The molecule has 0 atom stereocenters. The number of guanidine groups is 1. The van der Waals surface area contributed by atoms with Gasteiger partial charge < -0.3 is 5.73 Å². The summed E-state index contributed by atoms with van der Waals surface area (Å²) < 4.78 is 27.2. The maximum Gasteiger partial charge on any atom is 0.366 e. The monoisotopic (exact) mass is 327 g/mol. The predicted molar refractivity (Wildman–Crippen MR) is 72.5 cm³/mol. The Kier molecular flexibility index (Phi) is 3.77. The van der Waals surface area contributed by atoms with E-state index >= 15 is 0 Å². The molecular formula is C10H9N5O6S. The van der Waals surface area contributed by atoms with Crippen molar-refractivity contribution in [2.45, 2.75) is 10.9 Å². The van der Waals surface area contributed by atoms with Gasteiger partial charge in [0.25, 0.3) is 10.0 Å². The smallest absolute Gasteiger partial charge is 0.366 e. The van der Waals surface area contributed by atoms with Gasteiger partial charge in [0.05, 0.1) is 4.90 Å². The Morgan fingerprint density at radius 3 is 2.09 bits per heavy atom. The molecule has 4 N–H and O–H groups in total. The van der Waals surface area contributed by atoms with Crippen LogP contribution in [0.25, 0.3) is 0 Å². The van der Waals surface area contributed by atoms with Crippen LogP contribution in [-0.2, 0) is 19.6 Å². The van der Waals surface area contributed by atoms with E-state index in [1.54, 1.807) is 0 Å². The van der Waals surface area contributed by atoms with Crippen LogP contribution >= 0.6 is 0 Å². The fourth-order valence-electron chi connectivity index (χ4n) is 1.57. The van der Waals surface area contributed by atoms with Crippen LogP contribution in [0.2, 0.25) is 0 Å². The average molecular weight is 327 g/mol. The number of nitro groups is 1. The lowest BCUT2D eigenvalue weighted by Crippen LogP contribution is -2.62. The van der Waals surface area contributed by atoms with E-state index in [1.165, 1.54) is 24.3 Å². The first-order valence-corrected chi connectivity index (χ1v) is 7.10. The molecule has 1 aliphatic rings. The van der Waals surface area contributed by atoms with E-state index in [1.807, 2.05) is 10.6 Å². The lowest BCUT2D eigenvalue weighted by atomic mass is 10.2. The molecule has 0 aromatic heterocycles. The minimum absolute atomic E-state index is 0.228. The number of hydrogen-bond acceptors (Lipinski definition) is 7. The molecule has 0 spiro atoms. The number of sulfonamides is 1. The molecule has 1 aromatic carbocycles. The molecule has 0 radical (unpaired) electrons. The molecule has 2 amide bonds. The van der Waals surface area contributed by atoms with Gasteiger partial charge in [-0.1, -0.05) is 0 Å². The molecule has 1 aliphatic heterocycles. The van der Waals surface area contributed by atoms with E-state index in [4.69, 9.17) is 5.73 Å². The van der Waals surface area contributed by atoms with Gasteiger partial charge in [-0.15, -0.1) is 4.40 Å². The first kappa shape index (κ1) is 15.4. The van der Waals surface area contributed by atoms with Crippen LogP contribution < -0.4 is 16.4 Å². The molecule has 0 aliphatic carbocycles. The molecule has 22 heavy (non-hydrogen) atoms. The Hall–Kier alpha value is -3.02. The highest BCUT2D eigenvalue weighted by atomic mass is 32.2. The zero-order chi connectivity index (χ0) is 16.5. The number of nitrogens with zero attached hydrogens (tertiary/aromatic N) is 2. The number of rotatable bonds is 3. The van der Waals surface area contributed by atoms with Crippen molar-refractivity contribution in [1.29, 1.82) is 0 Å². The summed E-state index contributed by atoms with van der Waals surface area (Å²) in [6.45, 7) is 0. The highest BCUT2D eigenvalue weighted by Crippen LogP contribution is 2.14. The number of carbonyl (C=O) groups excluding carboxylic acids is 2. The summed E-state index contributed by atoms with van der Waals surface area (Å²) in [5.41, 5.74) is 5.76. The van der Waals surface area contributed by atoms with Crippen LogP contribution in [0.1, 0.15) is 0 Å². The van der Waals surface area contributed by atoms with Crippen molar-refractivity contribution in [1.82, 2.24) is 10.6 Å². The van der Waals surface area contributed by atoms with Crippen molar-refractivity contribution in [2.24, 2.45) is 4.40 Å². The molecule has 0 saturated carbocycles. The highest BCUT2D eigenvalue weighted by Gasteiger charge is 2.43. The van der Waals surface area contributed by atoms with Crippen LogP contribution in [0, 0.1) is 10.1 Å². The quantitative estimate of drug-likeness (QED) is 0.254. The molecule has 0 bridgehead atoms. The topological polar surface area (TPSA) is 174 Å². The average Bonchev–Trinajstić information content (AvgIpc) is 2.37. The number of benzene rings is 1. The normalized spacial score (nSPS) is 18.4. The Morgan fingerprint density at radius 1 is 1.14 bits per heavy atom. The lowest BCUT2D eigenvalue weighted by molar-refractivity contribution is -0.494. The highest BCUT2D eigenvalue weighted by molar-refractivity contribution is 7.90. The van der Waals surface area contributed by atoms with Gasteiger partial charge in [0.2, 0.25) is 5.96 Å². The zero-order valence-corrected chi connectivity index (χ0v) is 11.5. The second-order valence-electron chi connectivity index (χ2n) is 4.15. The molecule has 1 fully saturated rings. The van der Waals surface area contributed by atoms with E-state index < -0.39 is 38.8 Å². The summed E-state index contributed by atoms with van der Waals surface area (Å²) in [5.74, 6) is -3.26. The first-order chi connectivity index (χ1) is 10.2. The Labute approximate surface area is 123 Å². The fourth-order valence-corrected chi connectivity index (χ4v) is 2.49. The third kappa shape index (κ3) is 3.01. The van der Waals surface area contributed by atoms with E-state index in [2.05, 4.69) is 4.40 Å². The van der Waals surface area contributed by atoms with Crippen LogP contribution in [0.15, 0.2) is 33.6 Å². The van der Waals surface area contributed by atoms with Gasteiger partial charge in [-0.25, -0.2) is 0 Å². The third-order valence-electron chi connectivity index (χ3n) is 2.58. The van der Waals surface area contributed by atoms with Crippen LogP contribution in [0.3, 0.4) is 0 Å². The Morgan fingerprint density at radius 2 is 1.64 bits per heavy atom. The zero-order valence-electron chi connectivity index (χ0n) is 10.7. The van der Waals surface area contributed by atoms with Crippen molar-refractivity contribution >= 4 is 33.5 Å². The number of nitrogens with two attached hydrogens (primary N) is 1. The number of anilines is 1. The minimum Gasteiger partial charge on any atom is -0.399 e. The minimum atomic E-state index is -4.23. The summed E-state index contributed by atoms with van der Waals surface area (Å²) in [6.07, 6.45) is 0. The second kappa shape index (κ2) is 5.40. The van der Waals surface area contributed by atoms with Gasteiger partial charge in [0, 0.05) is 10.6 Å². The van der Waals surface area contributed by atoms with E-state index in [0.717, 1.165) is 0 Å². The summed E-state index contributed by atoms with van der Waals surface area (Å²) in [4.78, 5) is 32.0. The summed E-state index contributed by atoms with van der Waals surface area (Å²) >= 11 is 0. The van der Waals surface area contributed by atoms with E-state index in [9.17, 15) is 28.1 Å². The van der Waals surface area contributed by atoms with Gasteiger partial charge in [0.1, 0.15) is 0 Å². The summed E-state index contributed by atoms with van der Waals surface area (Å²) in [7, 11) is -4.23. The van der Waals surface area contributed by atoms with Crippen LogP contribution in [-0.4, -0.2) is 37.2 Å². The van der Waals surface area contributed by atoms with E-state index in [-0.39, 0.29) is 4.90 Å². The molecule has 1 saturated heterocycles. The van der Waals surface area contributed by atoms with Crippen molar-refractivity contribution in [3.8, 4) is 0 Å². The van der Waals surface area contributed by atoms with Crippen molar-refractivity contribution < 1.29 is 22.9 Å². The maximum absolute atomic E-state index is 12.0. The van der Waals surface area contributed by atoms with Crippen LogP contribution in [0.5, 0.6) is 0 Å². The molecule has 0 unspecified atom stereocenters. The maximum atomic E-state index is 12.0. The first-order valence-electron chi connectivity index (χ1n) is 5.66. The molecule has 12 heteroatoms. The van der Waals surface area contributed by atoms with Gasteiger partial charge in [-0.3, -0.25) is 30.3 Å². The van der Waals surface area contributed by atoms with Crippen molar-refractivity contribution in [3.05, 3.63) is 34.4 Å². The SMILES string of the molecule is Nc1ccc(S(=O)(=O)N=C2NC(=O)C([N+](=O)[O-])C(=O)N2)cc1. The van der Waals surface area contributed by atoms with Gasteiger partial charge >= 0.3 is 17.9 Å². The number of carbonyl (C=O) groups is 2. The fraction of sp³-hybridized carbons (Fsp3) is 0.100. The second-order valence-corrected chi connectivity index (χ2v) is 5.75. The molecule has 1 aromatic rings. The van der Waals surface area contributed by atoms with Gasteiger partial charge in [-0.05, 0) is 24.3 Å². The summed E-state index contributed by atoms with van der Waals surface area (Å²) in [5, 5.41) is 14.2. The number of nitrogens with one attached hydrogen (secondary N) is 2. The number of nitrogen functional groups attached to an aromatic ring is 1. The Balaban J connectivity index is 2.30. The standard InChI is InChI=1S/C10H9N5O6S/c11-5-1-3-6(4-2-5)22(20,21)14-10-12-8(16)7(15(18)19)9(17)13-10/h1-4,7H,11H2,(H2,12,13,14,16,17). The van der Waals surface area contributed by atoms with Gasteiger partial charge in [-0.2, -0.15) is 8.42 Å². The Bertz CT molecular complexity index is 765. The van der Waals surface area contributed by atoms with Gasteiger partial charge in [0.15, 0.2) is 0 Å². The summed E-state index contributed by atoms with van der Waals surface area (Å²) in [6, 6.07) is 2.86. The molecule has 2 rings (SSSR count).